The van der Waals surface area contributed by atoms with Gasteiger partial charge in [0.25, 0.3) is 0 Å². The van der Waals surface area contributed by atoms with Gasteiger partial charge in [-0.1, -0.05) is 42.4 Å². The zero-order valence-corrected chi connectivity index (χ0v) is 13.9. The molecule has 0 radical (unpaired) electrons. The minimum absolute atomic E-state index is 0.952. The van der Waals surface area contributed by atoms with E-state index in [9.17, 15) is 0 Å². The molecule has 0 atom stereocenters. The average molecular weight is 363 g/mol. The molecular weight excluding hydrogens is 337 g/mol. The van der Waals surface area contributed by atoms with Gasteiger partial charge >= 0.3 is 0 Å². The monoisotopic (exact) mass is 363 g/mol. The van der Waals surface area contributed by atoms with Crippen molar-refractivity contribution >= 4 is 22.6 Å². The maximum absolute atomic E-state index is 4.56. The zero-order valence-electron chi connectivity index (χ0n) is 11.7. The second-order valence-electron chi connectivity index (χ2n) is 4.58. The van der Waals surface area contributed by atoms with Crippen molar-refractivity contribution in [1.82, 2.24) is 15.1 Å². The Hall–Kier alpha value is -0.100. The summed E-state index contributed by atoms with van der Waals surface area (Å²) in [5, 5.41) is 8.09. The van der Waals surface area contributed by atoms with E-state index in [0.717, 1.165) is 26.1 Å². The lowest BCUT2D eigenvalue weighted by atomic mass is 10.2. The molecule has 0 spiro atoms. The van der Waals surface area contributed by atoms with E-state index in [1.807, 2.05) is 0 Å². The summed E-state index contributed by atoms with van der Waals surface area (Å²) in [5.74, 6) is 0. The van der Waals surface area contributed by atoms with E-state index < -0.39 is 0 Å². The Bertz CT molecular complexity index is 323. The number of nitrogens with one attached hydrogen (secondary N) is 1. The standard InChI is InChI=1S/C14H26IN3/c1-3-13-11-14(18(4-2)17-13)12-16-10-8-6-5-7-9-15/h11,16H,3-10,12H2,1-2H3. The lowest BCUT2D eigenvalue weighted by Gasteiger charge is -2.06. The molecule has 0 fully saturated rings. The summed E-state index contributed by atoms with van der Waals surface area (Å²) in [6.07, 6.45) is 6.40. The molecule has 1 rings (SSSR count). The van der Waals surface area contributed by atoms with Gasteiger partial charge in [-0.05, 0) is 43.2 Å². The summed E-state index contributed by atoms with van der Waals surface area (Å²) in [6, 6.07) is 2.23. The number of halogens is 1. The number of nitrogens with zero attached hydrogens (tertiary/aromatic N) is 2. The van der Waals surface area contributed by atoms with Crippen LogP contribution in [-0.2, 0) is 19.5 Å². The Morgan fingerprint density at radius 3 is 2.67 bits per heavy atom. The smallest absolute Gasteiger partial charge is 0.0625 e. The molecule has 0 aliphatic heterocycles. The Labute approximate surface area is 125 Å². The highest BCUT2D eigenvalue weighted by molar-refractivity contribution is 14.1. The highest BCUT2D eigenvalue weighted by atomic mass is 127. The van der Waals surface area contributed by atoms with Crippen LogP contribution in [0.15, 0.2) is 6.07 Å². The molecule has 1 aromatic rings. The van der Waals surface area contributed by atoms with Crippen LogP contribution in [0.1, 0.15) is 50.9 Å². The Morgan fingerprint density at radius 2 is 2.00 bits per heavy atom. The van der Waals surface area contributed by atoms with Crippen molar-refractivity contribution < 1.29 is 0 Å². The molecule has 0 unspecified atom stereocenters. The predicted molar refractivity (Wildman–Crippen MR) is 86.3 cm³/mol. The van der Waals surface area contributed by atoms with Gasteiger partial charge in [0, 0.05) is 13.1 Å². The first-order valence-electron chi connectivity index (χ1n) is 7.14. The molecule has 1 N–H and O–H groups in total. The van der Waals surface area contributed by atoms with Crippen molar-refractivity contribution in [2.45, 2.75) is 59.0 Å². The summed E-state index contributed by atoms with van der Waals surface area (Å²) in [6.45, 7) is 7.35. The van der Waals surface area contributed by atoms with E-state index in [0.29, 0.717) is 0 Å². The van der Waals surface area contributed by atoms with Crippen molar-refractivity contribution in [1.29, 1.82) is 0 Å². The van der Waals surface area contributed by atoms with Crippen LogP contribution in [0.25, 0.3) is 0 Å². The molecule has 3 nitrogen and oxygen atoms in total. The van der Waals surface area contributed by atoms with Crippen LogP contribution in [-0.4, -0.2) is 20.8 Å². The van der Waals surface area contributed by atoms with E-state index in [4.69, 9.17) is 0 Å². The molecule has 4 heteroatoms. The topological polar surface area (TPSA) is 29.9 Å². The van der Waals surface area contributed by atoms with Gasteiger partial charge in [-0.3, -0.25) is 4.68 Å². The maximum Gasteiger partial charge on any atom is 0.0625 e. The number of hydrogen-bond donors (Lipinski definition) is 1. The largest absolute Gasteiger partial charge is 0.311 e. The van der Waals surface area contributed by atoms with Crippen LogP contribution < -0.4 is 5.32 Å². The predicted octanol–water partition coefficient (Wildman–Crippen LogP) is 3.55. The van der Waals surface area contributed by atoms with E-state index in [2.05, 4.69) is 57.6 Å². The minimum Gasteiger partial charge on any atom is -0.311 e. The first-order chi connectivity index (χ1) is 8.81. The number of unbranched alkanes of at least 4 members (excludes halogenated alkanes) is 3. The van der Waals surface area contributed by atoms with Crippen molar-refractivity contribution in [3.8, 4) is 0 Å². The van der Waals surface area contributed by atoms with Gasteiger partial charge < -0.3 is 5.32 Å². The zero-order chi connectivity index (χ0) is 13.2. The highest BCUT2D eigenvalue weighted by Crippen LogP contribution is 2.06. The van der Waals surface area contributed by atoms with E-state index in [1.165, 1.54) is 41.5 Å². The minimum atomic E-state index is 0.952. The molecular formula is C14H26IN3. The summed E-state index contributed by atoms with van der Waals surface area (Å²) in [7, 11) is 0. The van der Waals surface area contributed by atoms with Gasteiger partial charge in [0.2, 0.25) is 0 Å². The van der Waals surface area contributed by atoms with Crippen LogP contribution in [0.2, 0.25) is 0 Å². The first-order valence-corrected chi connectivity index (χ1v) is 8.66. The lowest BCUT2D eigenvalue weighted by molar-refractivity contribution is 0.557. The van der Waals surface area contributed by atoms with Gasteiger partial charge in [-0.25, -0.2) is 0 Å². The number of alkyl halides is 1. The Balaban J connectivity index is 2.20. The third kappa shape index (κ3) is 5.69. The number of rotatable bonds is 10. The van der Waals surface area contributed by atoms with Gasteiger partial charge in [0.15, 0.2) is 0 Å². The van der Waals surface area contributed by atoms with E-state index in [-0.39, 0.29) is 0 Å². The van der Waals surface area contributed by atoms with Crippen molar-refractivity contribution in [2.75, 3.05) is 11.0 Å². The van der Waals surface area contributed by atoms with Crippen LogP contribution >= 0.6 is 22.6 Å². The van der Waals surface area contributed by atoms with Crippen molar-refractivity contribution in [3.63, 3.8) is 0 Å². The van der Waals surface area contributed by atoms with Gasteiger partial charge in [0.1, 0.15) is 0 Å². The van der Waals surface area contributed by atoms with Crippen molar-refractivity contribution in [3.05, 3.63) is 17.5 Å². The number of aryl methyl sites for hydroxylation is 2. The average Bonchev–Trinajstić information content (AvgIpc) is 2.80. The van der Waals surface area contributed by atoms with Crippen LogP contribution in [0, 0.1) is 0 Å². The molecule has 0 aliphatic carbocycles. The lowest BCUT2D eigenvalue weighted by Crippen LogP contribution is -2.17. The fourth-order valence-electron chi connectivity index (χ4n) is 2.02. The van der Waals surface area contributed by atoms with Crippen LogP contribution in [0.5, 0.6) is 0 Å². The molecule has 0 saturated carbocycles. The fourth-order valence-corrected chi connectivity index (χ4v) is 2.56. The highest BCUT2D eigenvalue weighted by Gasteiger charge is 2.04. The van der Waals surface area contributed by atoms with Gasteiger partial charge in [0.05, 0.1) is 11.4 Å². The maximum atomic E-state index is 4.56. The normalized spacial score (nSPS) is 11.1. The van der Waals surface area contributed by atoms with E-state index >= 15 is 0 Å². The van der Waals surface area contributed by atoms with Crippen molar-refractivity contribution in [2.24, 2.45) is 0 Å². The molecule has 18 heavy (non-hydrogen) atoms. The van der Waals surface area contributed by atoms with Crippen LogP contribution in [0.4, 0.5) is 0 Å². The van der Waals surface area contributed by atoms with Gasteiger partial charge in [-0.15, -0.1) is 0 Å². The third-order valence-corrected chi connectivity index (χ3v) is 3.88. The first kappa shape index (κ1) is 16.0. The fraction of sp³-hybridized carbons (Fsp3) is 0.786. The molecule has 1 heterocycles. The summed E-state index contributed by atoms with van der Waals surface area (Å²) in [4.78, 5) is 0. The SMILES string of the molecule is CCc1cc(CNCCCCCCI)n(CC)n1. The summed E-state index contributed by atoms with van der Waals surface area (Å²) in [5.41, 5.74) is 2.53. The second kappa shape index (κ2) is 9.78. The molecule has 0 aromatic carbocycles. The molecule has 1 aromatic heterocycles. The Morgan fingerprint density at radius 1 is 1.22 bits per heavy atom. The molecule has 0 aliphatic rings. The molecule has 104 valence electrons. The summed E-state index contributed by atoms with van der Waals surface area (Å²) >= 11 is 2.45. The molecule has 0 amide bonds. The molecule has 0 saturated heterocycles. The number of hydrogen-bond acceptors (Lipinski definition) is 2. The van der Waals surface area contributed by atoms with E-state index in [1.54, 1.807) is 0 Å². The second-order valence-corrected chi connectivity index (χ2v) is 5.66. The molecule has 0 bridgehead atoms. The summed E-state index contributed by atoms with van der Waals surface area (Å²) < 4.78 is 3.41. The number of aromatic nitrogens is 2. The Kier molecular flexibility index (Phi) is 8.67. The van der Waals surface area contributed by atoms with Gasteiger partial charge in [-0.2, -0.15) is 5.10 Å². The quantitative estimate of drug-likeness (QED) is 0.391. The van der Waals surface area contributed by atoms with Crippen LogP contribution in [0.3, 0.4) is 0 Å². The third-order valence-electron chi connectivity index (χ3n) is 3.12.